The van der Waals surface area contributed by atoms with Crippen molar-refractivity contribution in [1.29, 1.82) is 0 Å². The summed E-state index contributed by atoms with van der Waals surface area (Å²) in [7, 11) is 1.53. The number of carbonyl (C=O) groups excluding carboxylic acids is 1. The van der Waals surface area contributed by atoms with Gasteiger partial charge in [-0.3, -0.25) is 9.59 Å². The van der Waals surface area contributed by atoms with Gasteiger partial charge < -0.3 is 15.2 Å². The number of hydrogen-bond acceptors (Lipinski definition) is 3. The first-order chi connectivity index (χ1) is 9.57. The Morgan fingerprint density at radius 2 is 1.95 bits per heavy atom. The van der Waals surface area contributed by atoms with Crippen LogP contribution in [0.15, 0.2) is 24.3 Å². The molecule has 0 aliphatic heterocycles. The summed E-state index contributed by atoms with van der Waals surface area (Å²) >= 11 is 0. The molecule has 2 rings (SSSR count). The quantitative estimate of drug-likeness (QED) is 0.867. The van der Waals surface area contributed by atoms with Crippen LogP contribution < -0.4 is 10.1 Å². The van der Waals surface area contributed by atoms with Crippen LogP contribution in [-0.4, -0.2) is 24.1 Å². The number of amides is 1. The van der Waals surface area contributed by atoms with Gasteiger partial charge in [-0.1, -0.05) is 25.0 Å². The molecular formula is C15H19NO4. The minimum absolute atomic E-state index is 0.0143. The molecule has 1 fully saturated rings. The number of nitrogens with one attached hydrogen (secondary N) is 1. The van der Waals surface area contributed by atoms with E-state index >= 15 is 0 Å². The lowest BCUT2D eigenvalue weighted by Gasteiger charge is -2.23. The second kappa shape index (κ2) is 5.94. The Balaban J connectivity index is 2.07. The average molecular weight is 277 g/mol. The molecule has 0 saturated heterocycles. The summed E-state index contributed by atoms with van der Waals surface area (Å²) in [5, 5.41) is 12.1. The number of carbonyl (C=O) groups is 2. The van der Waals surface area contributed by atoms with E-state index in [4.69, 9.17) is 4.74 Å². The fourth-order valence-electron chi connectivity index (χ4n) is 2.77. The molecule has 1 saturated carbocycles. The summed E-state index contributed by atoms with van der Waals surface area (Å²) in [5.74, 6) is -0.583. The van der Waals surface area contributed by atoms with Crippen molar-refractivity contribution in [3.63, 3.8) is 0 Å². The van der Waals surface area contributed by atoms with E-state index < -0.39 is 11.4 Å². The molecule has 0 heterocycles. The van der Waals surface area contributed by atoms with Crippen LogP contribution in [0, 0.1) is 5.41 Å². The largest absolute Gasteiger partial charge is 0.495 e. The van der Waals surface area contributed by atoms with Crippen molar-refractivity contribution in [2.45, 2.75) is 32.1 Å². The monoisotopic (exact) mass is 277 g/mol. The number of benzene rings is 1. The van der Waals surface area contributed by atoms with E-state index in [-0.39, 0.29) is 12.3 Å². The van der Waals surface area contributed by atoms with Crippen molar-refractivity contribution in [3.05, 3.63) is 24.3 Å². The van der Waals surface area contributed by atoms with E-state index in [0.717, 1.165) is 12.8 Å². The summed E-state index contributed by atoms with van der Waals surface area (Å²) in [4.78, 5) is 23.5. The number of rotatable bonds is 5. The van der Waals surface area contributed by atoms with E-state index in [1.807, 2.05) is 6.07 Å². The van der Waals surface area contributed by atoms with Crippen molar-refractivity contribution in [2.75, 3.05) is 12.4 Å². The zero-order valence-electron chi connectivity index (χ0n) is 11.5. The minimum Gasteiger partial charge on any atom is -0.495 e. The van der Waals surface area contributed by atoms with Gasteiger partial charge in [-0.2, -0.15) is 0 Å². The Morgan fingerprint density at radius 3 is 2.55 bits per heavy atom. The summed E-state index contributed by atoms with van der Waals surface area (Å²) in [6, 6.07) is 7.09. The molecule has 1 aromatic carbocycles. The highest BCUT2D eigenvalue weighted by molar-refractivity contribution is 5.95. The SMILES string of the molecule is COc1ccccc1NC(=O)CC1(C(=O)O)CCCC1. The summed E-state index contributed by atoms with van der Waals surface area (Å²) in [6.07, 6.45) is 2.90. The predicted octanol–water partition coefficient (Wildman–Crippen LogP) is 2.67. The van der Waals surface area contributed by atoms with Gasteiger partial charge >= 0.3 is 5.97 Å². The Labute approximate surface area is 117 Å². The van der Waals surface area contributed by atoms with Crippen LogP contribution in [0.1, 0.15) is 32.1 Å². The van der Waals surface area contributed by atoms with Crippen LogP contribution in [0.5, 0.6) is 5.75 Å². The minimum atomic E-state index is -0.897. The maximum atomic E-state index is 12.1. The molecule has 1 aliphatic carbocycles. The van der Waals surface area contributed by atoms with Crippen LogP contribution in [-0.2, 0) is 9.59 Å². The predicted molar refractivity (Wildman–Crippen MR) is 74.8 cm³/mol. The molecule has 5 nitrogen and oxygen atoms in total. The average Bonchev–Trinajstić information content (AvgIpc) is 2.89. The number of carboxylic acid groups (broad SMARTS) is 1. The van der Waals surface area contributed by atoms with Gasteiger partial charge in [0.2, 0.25) is 5.91 Å². The number of para-hydroxylation sites is 2. The molecule has 0 spiro atoms. The molecule has 0 unspecified atom stereocenters. The van der Waals surface area contributed by atoms with E-state index in [9.17, 15) is 14.7 Å². The maximum absolute atomic E-state index is 12.1. The molecule has 108 valence electrons. The van der Waals surface area contributed by atoms with Crippen molar-refractivity contribution < 1.29 is 19.4 Å². The fraction of sp³-hybridized carbons (Fsp3) is 0.467. The van der Waals surface area contributed by atoms with Gasteiger partial charge in [-0.15, -0.1) is 0 Å². The Morgan fingerprint density at radius 1 is 1.30 bits per heavy atom. The molecule has 0 aromatic heterocycles. The van der Waals surface area contributed by atoms with Gasteiger partial charge in [0.25, 0.3) is 0 Å². The van der Waals surface area contributed by atoms with Crippen LogP contribution in [0.25, 0.3) is 0 Å². The Kier molecular flexibility index (Phi) is 4.27. The highest BCUT2D eigenvalue weighted by atomic mass is 16.5. The molecule has 2 N–H and O–H groups in total. The number of ether oxygens (including phenoxy) is 1. The molecule has 0 atom stereocenters. The third-order valence-corrected chi connectivity index (χ3v) is 3.89. The van der Waals surface area contributed by atoms with E-state index in [1.54, 1.807) is 18.2 Å². The number of methoxy groups -OCH3 is 1. The molecule has 1 amide bonds. The van der Waals surface area contributed by atoms with Gasteiger partial charge in [0.05, 0.1) is 18.2 Å². The Hall–Kier alpha value is -2.04. The van der Waals surface area contributed by atoms with Crippen molar-refractivity contribution in [2.24, 2.45) is 5.41 Å². The Bertz CT molecular complexity index is 506. The summed E-state index contributed by atoms with van der Waals surface area (Å²) < 4.78 is 5.16. The lowest BCUT2D eigenvalue weighted by atomic mass is 9.82. The normalized spacial score (nSPS) is 16.6. The van der Waals surface area contributed by atoms with Crippen molar-refractivity contribution in [3.8, 4) is 5.75 Å². The highest BCUT2D eigenvalue weighted by Crippen LogP contribution is 2.41. The van der Waals surface area contributed by atoms with E-state index in [2.05, 4.69) is 5.32 Å². The third kappa shape index (κ3) is 2.92. The topological polar surface area (TPSA) is 75.6 Å². The van der Waals surface area contributed by atoms with Gasteiger partial charge in [0.15, 0.2) is 0 Å². The zero-order valence-corrected chi connectivity index (χ0v) is 11.5. The van der Waals surface area contributed by atoms with Gasteiger partial charge in [0.1, 0.15) is 5.75 Å². The third-order valence-electron chi connectivity index (χ3n) is 3.89. The van der Waals surface area contributed by atoms with Crippen LogP contribution in [0.4, 0.5) is 5.69 Å². The highest BCUT2D eigenvalue weighted by Gasteiger charge is 2.43. The fourth-order valence-corrected chi connectivity index (χ4v) is 2.77. The van der Waals surface area contributed by atoms with Crippen molar-refractivity contribution >= 4 is 17.6 Å². The molecule has 5 heteroatoms. The maximum Gasteiger partial charge on any atom is 0.310 e. The second-order valence-corrected chi connectivity index (χ2v) is 5.22. The molecule has 1 aliphatic rings. The first-order valence-electron chi connectivity index (χ1n) is 6.74. The molecule has 20 heavy (non-hydrogen) atoms. The standard InChI is InChI=1S/C15H19NO4/c1-20-12-7-3-2-6-11(12)16-13(17)10-15(14(18)19)8-4-5-9-15/h2-3,6-7H,4-5,8-10H2,1H3,(H,16,17)(H,18,19). The number of anilines is 1. The summed E-state index contributed by atoms with van der Waals surface area (Å²) in [6.45, 7) is 0. The smallest absolute Gasteiger partial charge is 0.310 e. The molecule has 0 radical (unpaired) electrons. The second-order valence-electron chi connectivity index (χ2n) is 5.22. The van der Waals surface area contributed by atoms with E-state index in [0.29, 0.717) is 24.3 Å². The van der Waals surface area contributed by atoms with Crippen LogP contribution in [0.2, 0.25) is 0 Å². The van der Waals surface area contributed by atoms with Gasteiger partial charge in [0, 0.05) is 6.42 Å². The lowest BCUT2D eigenvalue weighted by molar-refractivity contribution is -0.150. The van der Waals surface area contributed by atoms with Crippen LogP contribution in [0.3, 0.4) is 0 Å². The molecule has 0 bridgehead atoms. The van der Waals surface area contributed by atoms with Gasteiger partial charge in [-0.05, 0) is 25.0 Å². The van der Waals surface area contributed by atoms with Crippen molar-refractivity contribution in [1.82, 2.24) is 0 Å². The molecular weight excluding hydrogens is 258 g/mol. The zero-order chi connectivity index (χ0) is 14.6. The lowest BCUT2D eigenvalue weighted by Crippen LogP contribution is -2.32. The summed E-state index contributed by atoms with van der Waals surface area (Å²) in [5.41, 5.74) is -0.329. The number of aliphatic carboxylic acids is 1. The van der Waals surface area contributed by atoms with Crippen LogP contribution >= 0.6 is 0 Å². The van der Waals surface area contributed by atoms with E-state index in [1.165, 1.54) is 7.11 Å². The number of hydrogen-bond donors (Lipinski definition) is 2. The first kappa shape index (κ1) is 14.4. The van der Waals surface area contributed by atoms with Gasteiger partial charge in [-0.25, -0.2) is 0 Å². The number of carboxylic acids is 1. The molecule has 1 aromatic rings. The first-order valence-corrected chi connectivity index (χ1v) is 6.74.